The molecule has 2 aromatic carbocycles. The van der Waals surface area contributed by atoms with E-state index in [0.29, 0.717) is 32.3 Å². The maximum absolute atomic E-state index is 12.5. The van der Waals surface area contributed by atoms with Crippen LogP contribution in [0.2, 0.25) is 0 Å². The van der Waals surface area contributed by atoms with Gasteiger partial charge in [-0.2, -0.15) is 46.7 Å². The summed E-state index contributed by atoms with van der Waals surface area (Å²) < 4.78 is 85.8. The van der Waals surface area contributed by atoms with Crippen LogP contribution in [0, 0.1) is 0 Å². The minimum absolute atomic E-state index is 0.00919. The third-order valence-corrected chi connectivity index (χ3v) is 9.24. The number of aliphatic hydroxyl groups is 2. The summed E-state index contributed by atoms with van der Waals surface area (Å²) >= 11 is 0. The van der Waals surface area contributed by atoms with Crippen LogP contribution in [-0.4, -0.2) is 133 Å². The smallest absolute Gasteiger partial charge is 0.322 e. The summed E-state index contributed by atoms with van der Waals surface area (Å²) in [6, 6.07) is 7.72. The summed E-state index contributed by atoms with van der Waals surface area (Å²) in [5.74, 6) is 0.317. The molecule has 4 aromatic rings. The molecular formula is C30H36N10O11S2. The van der Waals surface area contributed by atoms with Crippen molar-refractivity contribution in [3.8, 4) is 12.0 Å². The maximum atomic E-state index is 12.5. The highest BCUT2D eigenvalue weighted by Gasteiger charge is 2.21. The number of hydrogen-bond acceptors (Lipinski definition) is 19. The molecule has 23 heteroatoms. The van der Waals surface area contributed by atoms with Crippen LogP contribution in [-0.2, 0) is 25.0 Å². The van der Waals surface area contributed by atoms with Gasteiger partial charge in [-0.25, -0.2) is 0 Å². The molecule has 1 fully saturated rings. The molecule has 1 saturated heterocycles. The third kappa shape index (κ3) is 10.2. The van der Waals surface area contributed by atoms with Gasteiger partial charge in [-0.15, -0.1) is 0 Å². The Morgan fingerprint density at radius 2 is 1.25 bits per heavy atom. The molecule has 0 spiro atoms. The van der Waals surface area contributed by atoms with Gasteiger partial charge in [0.15, 0.2) is 0 Å². The topological polar surface area (TPSA) is 285 Å². The Morgan fingerprint density at radius 3 is 1.72 bits per heavy atom. The van der Waals surface area contributed by atoms with Crippen molar-refractivity contribution >= 4 is 67.6 Å². The van der Waals surface area contributed by atoms with Crippen molar-refractivity contribution in [2.24, 2.45) is 0 Å². The molecule has 2 aromatic heterocycles. The molecule has 0 saturated carbocycles. The molecule has 284 valence electrons. The second-order valence-electron chi connectivity index (χ2n) is 11.0. The van der Waals surface area contributed by atoms with Crippen LogP contribution in [0.3, 0.4) is 0 Å². The van der Waals surface area contributed by atoms with Crippen molar-refractivity contribution in [1.29, 1.82) is 0 Å². The van der Waals surface area contributed by atoms with E-state index in [1.165, 1.54) is 55.5 Å². The van der Waals surface area contributed by atoms with Crippen LogP contribution < -0.4 is 29.9 Å². The molecule has 0 aliphatic carbocycles. The lowest BCUT2D eigenvalue weighted by Gasteiger charge is -2.26. The summed E-state index contributed by atoms with van der Waals surface area (Å²) in [7, 11) is -6.97. The van der Waals surface area contributed by atoms with Gasteiger partial charge in [0.1, 0.15) is 9.79 Å². The average Bonchev–Trinajstić information content (AvgIpc) is 3.13. The van der Waals surface area contributed by atoms with E-state index in [-0.39, 0.29) is 78.7 Å². The number of methoxy groups -OCH3 is 2. The van der Waals surface area contributed by atoms with Gasteiger partial charge >= 0.3 is 12.0 Å². The number of nitrogens with one attached hydrogen (secondary N) is 2. The largest absolute Gasteiger partial charge is 0.467 e. The maximum Gasteiger partial charge on any atom is 0.322 e. The highest BCUT2D eigenvalue weighted by atomic mass is 32.2. The monoisotopic (exact) mass is 776 g/mol. The van der Waals surface area contributed by atoms with Crippen LogP contribution in [0.25, 0.3) is 12.2 Å². The van der Waals surface area contributed by atoms with E-state index < -0.39 is 30.0 Å². The number of hydrogen-bond donors (Lipinski definition) is 6. The highest BCUT2D eigenvalue weighted by Crippen LogP contribution is 2.29. The highest BCUT2D eigenvalue weighted by molar-refractivity contribution is 7.86. The van der Waals surface area contributed by atoms with Crippen LogP contribution >= 0.6 is 0 Å². The standard InChI is InChI=1S/C30H36N10O11S2/c1-49-29-35-25(33-27(37-29)39(9-13-41)10-14-42)31-21-7-5-19(23(17-21)52(43,44)45)3-4-20-6-8-22(18-24(20)53(46,47)48)32-26-34-28(38-30(36-26)50-2)40-11-15-51-16-12-40/h3-8,17-18,41-42H,9-16H2,1-2H3,(H,43,44,45)(H,46,47,48)(H,31,33,35,37)(H,32,34,36,38)/b4-3+. The molecule has 53 heavy (non-hydrogen) atoms. The summed E-state index contributed by atoms with van der Waals surface area (Å²) in [5, 5.41) is 24.5. The predicted octanol–water partition coefficient (Wildman–Crippen LogP) is 0.852. The quantitative estimate of drug-likeness (QED) is 0.0679. The zero-order valence-electron chi connectivity index (χ0n) is 28.3. The number of nitrogens with zero attached hydrogens (tertiary/aromatic N) is 8. The molecular weight excluding hydrogens is 741 g/mol. The lowest BCUT2D eigenvalue weighted by molar-refractivity contribution is 0.122. The summed E-state index contributed by atoms with van der Waals surface area (Å²) in [6.45, 7) is 1.67. The van der Waals surface area contributed by atoms with Gasteiger partial charge in [0.05, 0.1) is 40.6 Å². The molecule has 1 aliphatic rings. The van der Waals surface area contributed by atoms with Crippen molar-refractivity contribution in [3.63, 3.8) is 0 Å². The molecule has 5 rings (SSSR count). The number of ether oxygens (including phenoxy) is 3. The number of anilines is 6. The predicted molar refractivity (Wildman–Crippen MR) is 190 cm³/mol. The second-order valence-corrected chi connectivity index (χ2v) is 13.7. The van der Waals surface area contributed by atoms with Crippen molar-refractivity contribution in [2.75, 3.05) is 87.3 Å². The fourth-order valence-corrected chi connectivity index (χ4v) is 6.39. The van der Waals surface area contributed by atoms with Gasteiger partial charge in [-0.1, -0.05) is 24.3 Å². The molecule has 3 heterocycles. The third-order valence-electron chi connectivity index (χ3n) is 7.43. The van der Waals surface area contributed by atoms with Gasteiger partial charge < -0.3 is 44.9 Å². The first-order chi connectivity index (χ1) is 25.3. The number of rotatable bonds is 16. The lowest BCUT2D eigenvalue weighted by atomic mass is 10.1. The number of aromatic nitrogens is 6. The van der Waals surface area contributed by atoms with Crippen molar-refractivity contribution in [1.82, 2.24) is 29.9 Å². The minimum Gasteiger partial charge on any atom is -0.467 e. The van der Waals surface area contributed by atoms with Gasteiger partial charge in [0.2, 0.25) is 23.8 Å². The van der Waals surface area contributed by atoms with Gasteiger partial charge in [-0.3, -0.25) is 9.11 Å². The molecule has 0 amide bonds. The Bertz CT molecular complexity index is 2160. The van der Waals surface area contributed by atoms with Crippen LogP contribution in [0.4, 0.5) is 35.2 Å². The zero-order valence-corrected chi connectivity index (χ0v) is 29.9. The number of aliphatic hydroxyl groups excluding tert-OH is 2. The van der Waals surface area contributed by atoms with Crippen LogP contribution in [0.5, 0.6) is 12.0 Å². The molecule has 0 bridgehead atoms. The molecule has 1 aliphatic heterocycles. The zero-order chi connectivity index (χ0) is 38.2. The van der Waals surface area contributed by atoms with E-state index in [0.717, 1.165) is 12.1 Å². The Hall–Kier alpha value is -5.30. The number of morpholine rings is 1. The first kappa shape index (κ1) is 38.9. The van der Waals surface area contributed by atoms with Crippen molar-refractivity contribution < 1.29 is 50.4 Å². The summed E-state index contributed by atoms with van der Waals surface area (Å²) in [5.41, 5.74) is 0.231. The normalized spacial score (nSPS) is 13.6. The first-order valence-corrected chi connectivity index (χ1v) is 18.5. The Balaban J connectivity index is 1.43. The fraction of sp³-hybridized carbons (Fsp3) is 0.333. The van der Waals surface area contributed by atoms with Crippen LogP contribution in [0.15, 0.2) is 46.2 Å². The Labute approximate surface area is 303 Å². The van der Waals surface area contributed by atoms with E-state index in [1.54, 1.807) is 0 Å². The van der Waals surface area contributed by atoms with E-state index in [2.05, 4.69) is 40.5 Å². The van der Waals surface area contributed by atoms with Gasteiger partial charge in [-0.05, 0) is 35.4 Å². The van der Waals surface area contributed by atoms with E-state index >= 15 is 0 Å². The average molecular weight is 777 g/mol. The van der Waals surface area contributed by atoms with E-state index in [1.807, 2.05) is 4.90 Å². The van der Waals surface area contributed by atoms with Crippen LogP contribution in [0.1, 0.15) is 11.1 Å². The summed E-state index contributed by atoms with van der Waals surface area (Å²) in [6.07, 6.45) is 2.48. The summed E-state index contributed by atoms with van der Waals surface area (Å²) in [4.78, 5) is 27.6. The van der Waals surface area contributed by atoms with Crippen molar-refractivity contribution in [2.45, 2.75) is 9.79 Å². The van der Waals surface area contributed by atoms with Gasteiger partial charge in [0, 0.05) is 37.6 Å². The number of benzene rings is 2. The lowest BCUT2D eigenvalue weighted by Crippen LogP contribution is -2.37. The molecule has 0 radical (unpaired) electrons. The van der Waals surface area contributed by atoms with E-state index in [4.69, 9.17) is 14.2 Å². The first-order valence-electron chi connectivity index (χ1n) is 15.7. The van der Waals surface area contributed by atoms with Gasteiger partial charge in [0.25, 0.3) is 20.2 Å². The molecule has 6 N–H and O–H groups in total. The van der Waals surface area contributed by atoms with Crippen molar-refractivity contribution in [3.05, 3.63) is 47.5 Å². The Morgan fingerprint density at radius 1 is 0.755 bits per heavy atom. The molecule has 21 nitrogen and oxygen atoms in total. The Kier molecular flexibility index (Phi) is 12.5. The minimum atomic E-state index is -4.85. The SMILES string of the molecule is COc1nc(Nc2ccc(/C=C/c3ccc(Nc4nc(OC)nc(N5CCOCC5)n4)cc3S(=O)(=O)O)c(S(=O)(=O)O)c2)nc(N(CCO)CCO)n1. The fourth-order valence-electron chi connectivity index (χ4n) is 4.97. The van der Waals surface area contributed by atoms with E-state index in [9.17, 15) is 36.2 Å². The molecule has 0 atom stereocenters. The molecule has 0 unspecified atom stereocenters. The second kappa shape index (κ2) is 17.0.